The molecule has 1 unspecified atom stereocenters. The van der Waals surface area contributed by atoms with Crippen LogP contribution in [0.25, 0.3) is 11.1 Å². The van der Waals surface area contributed by atoms with E-state index in [1.807, 2.05) is 0 Å². The highest BCUT2D eigenvalue weighted by molar-refractivity contribution is 6.29. The molecule has 0 saturated heterocycles. The summed E-state index contributed by atoms with van der Waals surface area (Å²) in [6, 6.07) is 9.62. The number of aromatic nitrogens is 2. The SMILES string of the molecule is CC1=NC2(CC(=O)N1C)c1cc(-c3cccnc3F)ccc1Oc1c2cc(Cl)nc1F. The molecule has 0 saturated carbocycles. The van der Waals surface area contributed by atoms with Crippen LogP contribution in [0.15, 0.2) is 47.6 Å². The van der Waals surface area contributed by atoms with E-state index in [1.165, 1.54) is 17.2 Å². The molecular formula is C22H15ClF2N4O2. The second-order valence-corrected chi connectivity index (χ2v) is 7.80. The van der Waals surface area contributed by atoms with Gasteiger partial charge in [-0.05, 0) is 42.8 Å². The number of nitrogens with zero attached hydrogens (tertiary/aromatic N) is 4. The van der Waals surface area contributed by atoms with Crippen molar-refractivity contribution in [1.29, 1.82) is 0 Å². The molecule has 1 amide bonds. The van der Waals surface area contributed by atoms with Gasteiger partial charge < -0.3 is 9.64 Å². The van der Waals surface area contributed by atoms with Gasteiger partial charge in [-0.1, -0.05) is 17.7 Å². The van der Waals surface area contributed by atoms with E-state index in [2.05, 4.69) is 9.97 Å². The smallest absolute Gasteiger partial charge is 0.257 e. The molecule has 1 aromatic carbocycles. The van der Waals surface area contributed by atoms with Crippen molar-refractivity contribution >= 4 is 23.3 Å². The number of pyridine rings is 2. The maximum Gasteiger partial charge on any atom is 0.257 e. The molecule has 0 fully saturated rings. The molecule has 9 heteroatoms. The van der Waals surface area contributed by atoms with Gasteiger partial charge in [0.15, 0.2) is 5.75 Å². The van der Waals surface area contributed by atoms with Crippen LogP contribution < -0.4 is 4.74 Å². The molecule has 0 bridgehead atoms. The quantitative estimate of drug-likeness (QED) is 0.514. The minimum Gasteiger partial charge on any atom is -0.452 e. The van der Waals surface area contributed by atoms with Crippen molar-refractivity contribution in [2.45, 2.75) is 18.9 Å². The van der Waals surface area contributed by atoms with Crippen molar-refractivity contribution in [3.05, 3.63) is 70.8 Å². The van der Waals surface area contributed by atoms with E-state index in [1.54, 1.807) is 44.3 Å². The van der Waals surface area contributed by atoms with E-state index in [0.717, 1.165) is 0 Å². The molecule has 1 atom stereocenters. The molecule has 3 aromatic rings. The van der Waals surface area contributed by atoms with Crippen molar-refractivity contribution in [2.75, 3.05) is 7.05 Å². The summed E-state index contributed by atoms with van der Waals surface area (Å²) in [6.07, 6.45) is 1.28. The Balaban J connectivity index is 1.83. The summed E-state index contributed by atoms with van der Waals surface area (Å²) in [5.74, 6) is -1.12. The summed E-state index contributed by atoms with van der Waals surface area (Å²) in [4.78, 5) is 26.5. The number of fused-ring (bicyclic) bond motifs is 4. The van der Waals surface area contributed by atoms with Crippen molar-refractivity contribution in [2.24, 2.45) is 4.99 Å². The van der Waals surface area contributed by atoms with Crippen molar-refractivity contribution in [1.82, 2.24) is 14.9 Å². The molecule has 31 heavy (non-hydrogen) atoms. The van der Waals surface area contributed by atoms with Gasteiger partial charge in [0.1, 0.15) is 22.3 Å². The number of carbonyl (C=O) groups excluding carboxylic acids is 1. The van der Waals surface area contributed by atoms with Gasteiger partial charge in [0, 0.05) is 29.9 Å². The van der Waals surface area contributed by atoms with Gasteiger partial charge >= 0.3 is 0 Å². The summed E-state index contributed by atoms with van der Waals surface area (Å²) < 4.78 is 34.9. The van der Waals surface area contributed by atoms with Gasteiger partial charge in [0.2, 0.25) is 11.9 Å². The fourth-order valence-electron chi connectivity index (χ4n) is 4.06. The summed E-state index contributed by atoms with van der Waals surface area (Å²) >= 11 is 6.05. The molecule has 2 aliphatic heterocycles. The maximum atomic E-state index is 14.7. The minimum absolute atomic E-state index is 0.0804. The van der Waals surface area contributed by atoms with Crippen LogP contribution in [0.2, 0.25) is 5.15 Å². The molecule has 0 radical (unpaired) electrons. The first-order chi connectivity index (χ1) is 14.8. The van der Waals surface area contributed by atoms with Crippen molar-refractivity contribution in [3.63, 3.8) is 0 Å². The third kappa shape index (κ3) is 2.90. The summed E-state index contributed by atoms with van der Waals surface area (Å²) in [5.41, 5.74) is 0.310. The van der Waals surface area contributed by atoms with Crippen LogP contribution in [0.4, 0.5) is 8.78 Å². The molecule has 2 aromatic heterocycles. The minimum atomic E-state index is -1.29. The number of amidine groups is 1. The largest absolute Gasteiger partial charge is 0.452 e. The van der Waals surface area contributed by atoms with Crippen LogP contribution in [0.1, 0.15) is 24.5 Å². The van der Waals surface area contributed by atoms with Crippen LogP contribution in [0.5, 0.6) is 11.5 Å². The van der Waals surface area contributed by atoms with Gasteiger partial charge in [0.05, 0.1) is 6.42 Å². The molecule has 0 N–H and O–H groups in total. The van der Waals surface area contributed by atoms with E-state index in [0.29, 0.717) is 28.3 Å². The molecular weight excluding hydrogens is 426 g/mol. The Labute approximate surface area is 181 Å². The first kappa shape index (κ1) is 19.6. The van der Waals surface area contributed by atoms with E-state index < -0.39 is 17.4 Å². The zero-order valence-electron chi connectivity index (χ0n) is 16.5. The van der Waals surface area contributed by atoms with Crippen LogP contribution in [-0.2, 0) is 10.3 Å². The molecule has 1 spiro atoms. The van der Waals surface area contributed by atoms with Crippen LogP contribution >= 0.6 is 11.6 Å². The first-order valence-electron chi connectivity index (χ1n) is 9.43. The highest BCUT2D eigenvalue weighted by atomic mass is 35.5. The number of hydrogen-bond donors (Lipinski definition) is 0. The predicted molar refractivity (Wildman–Crippen MR) is 110 cm³/mol. The number of halogens is 3. The topological polar surface area (TPSA) is 67.7 Å². The summed E-state index contributed by atoms with van der Waals surface area (Å²) in [5, 5.41) is -0.0867. The van der Waals surface area contributed by atoms with Crippen LogP contribution in [0, 0.1) is 11.9 Å². The van der Waals surface area contributed by atoms with Crippen molar-refractivity contribution < 1.29 is 18.3 Å². The molecule has 4 heterocycles. The Morgan fingerprint density at radius 1 is 1.16 bits per heavy atom. The predicted octanol–water partition coefficient (Wildman–Crippen LogP) is 4.71. The molecule has 0 aliphatic carbocycles. The summed E-state index contributed by atoms with van der Waals surface area (Å²) in [6.45, 7) is 1.69. The van der Waals surface area contributed by atoms with Gasteiger partial charge in [-0.15, -0.1) is 0 Å². The molecule has 2 aliphatic rings. The van der Waals surface area contributed by atoms with E-state index >= 15 is 0 Å². The lowest BCUT2D eigenvalue weighted by Crippen LogP contribution is -2.45. The summed E-state index contributed by atoms with van der Waals surface area (Å²) in [7, 11) is 1.62. The zero-order chi connectivity index (χ0) is 21.9. The number of hydrogen-bond acceptors (Lipinski definition) is 5. The molecule has 6 nitrogen and oxygen atoms in total. The zero-order valence-corrected chi connectivity index (χ0v) is 17.2. The number of rotatable bonds is 1. The fraction of sp³-hybridized carbons (Fsp3) is 0.182. The molecule has 5 rings (SSSR count). The normalized spacial score (nSPS) is 19.6. The second-order valence-electron chi connectivity index (χ2n) is 7.42. The average molecular weight is 441 g/mol. The monoisotopic (exact) mass is 440 g/mol. The standard InChI is InChI=1S/C22H15ClF2N4O2/c1-11-28-22(10-18(30)29(11)2)14-8-12(13-4-3-7-26-20(13)24)5-6-16(14)31-19-15(22)9-17(23)27-21(19)25/h3-9H,10H2,1-2H3. The second kappa shape index (κ2) is 6.81. The lowest BCUT2D eigenvalue weighted by Gasteiger charge is -2.41. The van der Waals surface area contributed by atoms with Gasteiger partial charge in [-0.3, -0.25) is 9.79 Å². The van der Waals surface area contributed by atoms with Gasteiger partial charge in [0.25, 0.3) is 5.95 Å². The van der Waals surface area contributed by atoms with E-state index in [4.69, 9.17) is 21.3 Å². The van der Waals surface area contributed by atoms with E-state index in [9.17, 15) is 13.6 Å². The van der Waals surface area contributed by atoms with Crippen LogP contribution in [0.3, 0.4) is 0 Å². The average Bonchev–Trinajstić information content (AvgIpc) is 2.73. The Kier molecular flexibility index (Phi) is 4.30. The maximum absolute atomic E-state index is 14.7. The lowest BCUT2D eigenvalue weighted by molar-refractivity contribution is -0.128. The van der Waals surface area contributed by atoms with Crippen molar-refractivity contribution in [3.8, 4) is 22.6 Å². The molecule has 156 valence electrons. The Morgan fingerprint density at radius 3 is 2.71 bits per heavy atom. The van der Waals surface area contributed by atoms with Gasteiger partial charge in [-0.2, -0.15) is 8.78 Å². The van der Waals surface area contributed by atoms with Gasteiger partial charge in [-0.25, -0.2) is 9.97 Å². The Morgan fingerprint density at radius 2 is 1.97 bits per heavy atom. The lowest BCUT2D eigenvalue weighted by atomic mass is 9.76. The number of ether oxygens (including phenoxy) is 1. The van der Waals surface area contributed by atoms with E-state index in [-0.39, 0.29) is 28.8 Å². The first-order valence-corrected chi connectivity index (χ1v) is 9.81. The number of carbonyl (C=O) groups is 1. The Hall–Kier alpha value is -3.39. The number of amides is 1. The van der Waals surface area contributed by atoms with Crippen LogP contribution in [-0.4, -0.2) is 33.7 Å². The number of aliphatic imine (C=N–C) groups is 1. The third-order valence-electron chi connectivity index (χ3n) is 5.67. The third-order valence-corrected chi connectivity index (χ3v) is 5.87. The number of benzene rings is 1. The highest BCUT2D eigenvalue weighted by Crippen LogP contribution is 2.54. The Bertz CT molecular complexity index is 1300. The highest BCUT2D eigenvalue weighted by Gasteiger charge is 2.48. The fourth-order valence-corrected chi connectivity index (χ4v) is 4.25.